The van der Waals surface area contributed by atoms with Crippen LogP contribution < -0.4 is 0 Å². The molecule has 0 bridgehead atoms. The van der Waals surface area contributed by atoms with Crippen LogP contribution in [-0.2, 0) is 16.6 Å². The molecule has 3 aromatic rings. The zero-order valence-electron chi connectivity index (χ0n) is 15.3. The second kappa shape index (κ2) is 7.17. The second-order valence-electron chi connectivity index (χ2n) is 6.65. The summed E-state index contributed by atoms with van der Waals surface area (Å²) in [6, 6.07) is 1.92. The summed E-state index contributed by atoms with van der Waals surface area (Å²) in [7, 11) is -3.54. The minimum Gasteiger partial charge on any atom is -0.337 e. The van der Waals surface area contributed by atoms with Crippen molar-refractivity contribution in [2.45, 2.75) is 44.6 Å². The zero-order chi connectivity index (χ0) is 19.0. The van der Waals surface area contributed by atoms with Crippen molar-refractivity contribution in [3.8, 4) is 11.4 Å². The first-order valence-electron chi connectivity index (χ1n) is 8.86. The maximum absolute atomic E-state index is 13.1. The Morgan fingerprint density at radius 1 is 1.22 bits per heavy atom. The molecule has 1 aliphatic heterocycles. The molecule has 1 aliphatic rings. The van der Waals surface area contributed by atoms with Crippen LogP contribution in [-0.4, -0.2) is 45.7 Å². The minimum absolute atomic E-state index is 0.235. The Bertz CT molecular complexity index is 1030. The molecule has 10 heteroatoms. The third-order valence-electron chi connectivity index (χ3n) is 4.76. The number of rotatable bonds is 5. The number of aryl methyl sites for hydroxylation is 1. The maximum atomic E-state index is 13.1. The van der Waals surface area contributed by atoms with Crippen LogP contribution in [0.25, 0.3) is 11.4 Å². The van der Waals surface area contributed by atoms with Crippen molar-refractivity contribution < 1.29 is 12.9 Å². The summed E-state index contributed by atoms with van der Waals surface area (Å²) in [4.78, 5) is 4.68. The highest BCUT2D eigenvalue weighted by Crippen LogP contribution is 2.26. The molecule has 0 N–H and O–H groups in total. The summed E-state index contributed by atoms with van der Waals surface area (Å²) in [6.07, 6.45) is 2.88. The Balaban J connectivity index is 1.61. The molecule has 0 saturated carbocycles. The van der Waals surface area contributed by atoms with Gasteiger partial charge in [0.2, 0.25) is 21.7 Å². The lowest BCUT2D eigenvalue weighted by Gasteiger charge is -2.25. The summed E-state index contributed by atoms with van der Waals surface area (Å²) >= 11 is 1.56. The number of aromatic nitrogens is 4. The second-order valence-corrected chi connectivity index (χ2v) is 9.30. The maximum Gasteiger partial charge on any atom is 0.248 e. The van der Waals surface area contributed by atoms with Crippen LogP contribution in [0.4, 0.5) is 0 Å². The first-order chi connectivity index (χ1) is 13.0. The first kappa shape index (κ1) is 18.3. The number of thiophene rings is 1. The Labute approximate surface area is 161 Å². The highest BCUT2D eigenvalue weighted by Gasteiger charge is 2.32. The van der Waals surface area contributed by atoms with Gasteiger partial charge in [-0.1, -0.05) is 11.6 Å². The third kappa shape index (κ3) is 3.44. The molecule has 3 aromatic heterocycles. The largest absolute Gasteiger partial charge is 0.337 e. The van der Waals surface area contributed by atoms with E-state index in [4.69, 9.17) is 4.52 Å². The first-order valence-corrected chi connectivity index (χ1v) is 11.2. The average Bonchev–Trinajstić information content (AvgIpc) is 3.37. The van der Waals surface area contributed by atoms with Crippen LogP contribution in [0.2, 0.25) is 0 Å². The van der Waals surface area contributed by atoms with E-state index in [-0.39, 0.29) is 6.54 Å². The van der Waals surface area contributed by atoms with Gasteiger partial charge in [0.05, 0.1) is 11.4 Å². The van der Waals surface area contributed by atoms with Crippen molar-refractivity contribution in [2.24, 2.45) is 0 Å². The van der Waals surface area contributed by atoms with Crippen molar-refractivity contribution in [2.75, 3.05) is 13.1 Å². The van der Waals surface area contributed by atoms with Crippen molar-refractivity contribution in [3.05, 3.63) is 34.1 Å². The van der Waals surface area contributed by atoms with Gasteiger partial charge >= 0.3 is 0 Å². The van der Waals surface area contributed by atoms with Crippen molar-refractivity contribution in [3.63, 3.8) is 0 Å². The van der Waals surface area contributed by atoms with Crippen LogP contribution in [0, 0.1) is 13.8 Å². The van der Waals surface area contributed by atoms with E-state index in [0.29, 0.717) is 41.1 Å². The van der Waals surface area contributed by atoms with Crippen LogP contribution in [0.3, 0.4) is 0 Å². The topological polar surface area (TPSA) is 94.1 Å². The predicted molar refractivity (Wildman–Crippen MR) is 101 cm³/mol. The minimum atomic E-state index is -3.54. The van der Waals surface area contributed by atoms with Gasteiger partial charge in [0, 0.05) is 24.0 Å². The van der Waals surface area contributed by atoms with Gasteiger partial charge < -0.3 is 4.52 Å². The van der Waals surface area contributed by atoms with Gasteiger partial charge in [-0.3, -0.25) is 4.68 Å². The Kier molecular flexibility index (Phi) is 4.87. The number of hydrogen-bond donors (Lipinski definition) is 0. The molecule has 0 aromatic carbocycles. The van der Waals surface area contributed by atoms with E-state index < -0.39 is 10.0 Å². The highest BCUT2D eigenvalue weighted by molar-refractivity contribution is 7.89. The molecule has 0 amide bonds. The van der Waals surface area contributed by atoms with Crippen LogP contribution in [0.5, 0.6) is 0 Å². The molecule has 0 spiro atoms. The molecule has 27 heavy (non-hydrogen) atoms. The van der Waals surface area contributed by atoms with Crippen LogP contribution in [0.15, 0.2) is 26.2 Å². The molecule has 0 unspecified atom stereocenters. The number of piperidine rings is 1. The summed E-state index contributed by atoms with van der Waals surface area (Å²) in [6.45, 7) is 4.87. The smallest absolute Gasteiger partial charge is 0.248 e. The molecule has 144 valence electrons. The summed E-state index contributed by atoms with van der Waals surface area (Å²) in [5.74, 6) is 0.915. The van der Waals surface area contributed by atoms with Gasteiger partial charge in [-0.2, -0.15) is 25.7 Å². The number of hydrogen-bond acceptors (Lipinski definition) is 7. The van der Waals surface area contributed by atoms with Gasteiger partial charge in [0.15, 0.2) is 0 Å². The Hall–Kier alpha value is -2.04. The SMILES string of the molecule is Cc1nn(Cc2nc(-c3ccsc3)no2)c(C)c1S(=O)(=O)N1CCCCC1. The summed E-state index contributed by atoms with van der Waals surface area (Å²) in [5.41, 5.74) is 1.99. The van der Waals surface area contributed by atoms with E-state index in [1.54, 1.807) is 34.2 Å². The van der Waals surface area contributed by atoms with E-state index in [1.807, 2.05) is 16.8 Å². The van der Waals surface area contributed by atoms with Crippen molar-refractivity contribution in [1.82, 2.24) is 24.2 Å². The molecule has 4 rings (SSSR count). The monoisotopic (exact) mass is 407 g/mol. The summed E-state index contributed by atoms with van der Waals surface area (Å²) < 4.78 is 34.7. The fourth-order valence-electron chi connectivity index (χ4n) is 3.40. The van der Waals surface area contributed by atoms with Gasteiger partial charge in [0.25, 0.3) is 0 Å². The van der Waals surface area contributed by atoms with Crippen LogP contribution in [0.1, 0.15) is 36.5 Å². The molecule has 0 atom stereocenters. The standard InChI is InChI=1S/C17H21N5O3S2/c1-12-16(27(23,24)21-7-4-3-5-8-21)13(2)22(19-12)10-15-18-17(20-25-15)14-6-9-26-11-14/h6,9,11H,3-5,7-8,10H2,1-2H3. The van der Waals surface area contributed by atoms with Gasteiger partial charge in [0.1, 0.15) is 11.4 Å². The van der Waals surface area contributed by atoms with Crippen LogP contribution >= 0.6 is 11.3 Å². The number of sulfonamides is 1. The van der Waals surface area contributed by atoms with E-state index >= 15 is 0 Å². The van der Waals surface area contributed by atoms with Gasteiger partial charge in [-0.25, -0.2) is 8.42 Å². The lowest BCUT2D eigenvalue weighted by Crippen LogP contribution is -2.36. The van der Waals surface area contributed by atoms with Crippen molar-refractivity contribution >= 4 is 21.4 Å². The average molecular weight is 408 g/mol. The molecular formula is C17H21N5O3S2. The predicted octanol–water partition coefficient (Wildman–Crippen LogP) is 2.83. The van der Waals surface area contributed by atoms with Gasteiger partial charge in [-0.05, 0) is 38.1 Å². The summed E-state index contributed by atoms with van der Waals surface area (Å²) in [5, 5.41) is 12.3. The van der Waals surface area contributed by atoms with Gasteiger partial charge in [-0.15, -0.1) is 0 Å². The Morgan fingerprint density at radius 3 is 2.70 bits per heavy atom. The fourth-order valence-corrected chi connectivity index (χ4v) is 5.92. The quantitative estimate of drug-likeness (QED) is 0.645. The van der Waals surface area contributed by atoms with E-state index in [9.17, 15) is 8.42 Å². The molecule has 8 nitrogen and oxygen atoms in total. The molecule has 1 fully saturated rings. The molecular weight excluding hydrogens is 386 g/mol. The van der Waals surface area contributed by atoms with E-state index in [1.165, 1.54) is 0 Å². The highest BCUT2D eigenvalue weighted by atomic mass is 32.2. The fraction of sp³-hybridized carbons (Fsp3) is 0.471. The lowest BCUT2D eigenvalue weighted by molar-refractivity contribution is 0.346. The molecule has 0 aliphatic carbocycles. The molecule has 4 heterocycles. The van der Waals surface area contributed by atoms with Crippen molar-refractivity contribution in [1.29, 1.82) is 0 Å². The zero-order valence-corrected chi connectivity index (χ0v) is 16.9. The molecule has 0 radical (unpaired) electrons. The van der Waals surface area contributed by atoms with E-state index in [0.717, 1.165) is 24.8 Å². The number of nitrogens with zero attached hydrogens (tertiary/aromatic N) is 5. The normalized spacial score (nSPS) is 16.1. The third-order valence-corrected chi connectivity index (χ3v) is 7.60. The Morgan fingerprint density at radius 2 is 2.00 bits per heavy atom. The van der Waals surface area contributed by atoms with E-state index in [2.05, 4.69) is 15.2 Å². The molecule has 1 saturated heterocycles. The lowest BCUT2D eigenvalue weighted by atomic mass is 10.2.